The molecule has 0 saturated heterocycles. The summed E-state index contributed by atoms with van der Waals surface area (Å²) < 4.78 is 0. The van der Waals surface area contributed by atoms with Crippen LogP contribution in [0.4, 0.5) is 0 Å². The molecular formula is CKN5O15. The van der Waals surface area contributed by atoms with Gasteiger partial charge < -0.3 is 15.3 Å². The summed E-state index contributed by atoms with van der Waals surface area (Å²) in [5, 5.41) is 46.5. The van der Waals surface area contributed by atoms with Crippen molar-refractivity contribution in [2.45, 2.75) is 6.16 Å². The van der Waals surface area contributed by atoms with E-state index in [9.17, 15) is 40.5 Å². The van der Waals surface area contributed by atoms with Crippen LogP contribution in [0.1, 0.15) is 0 Å². The number of hydrogen-bond donors (Lipinski definition) is 0. The fourth-order valence-corrected chi connectivity index (χ4v) is 0.465. The molecule has 0 saturated carbocycles. The third kappa shape index (κ3) is 15.7. The molecule has 120 valence electrons. The topological polar surface area (TPSA) is 276 Å². The largest absolute Gasteiger partial charge is 1.00 e. The molecule has 0 unspecified atom stereocenters. The Morgan fingerprint density at radius 3 is 0.773 bits per heavy atom. The molecule has 0 rings (SSSR count). The zero-order chi connectivity index (χ0) is 17.2. The molecule has 0 bridgehead atoms. The summed E-state index contributed by atoms with van der Waals surface area (Å²) in [6, 6.07) is 0. The van der Waals surface area contributed by atoms with Crippen molar-refractivity contribution in [1.29, 1.82) is 0 Å². The van der Waals surface area contributed by atoms with E-state index in [2.05, 4.69) is 19.4 Å². The Bertz CT molecular complexity index is 358. The van der Waals surface area contributed by atoms with Crippen LogP contribution in [0.15, 0.2) is 0 Å². The fourth-order valence-electron chi connectivity index (χ4n) is 0.465. The van der Waals surface area contributed by atoms with Crippen LogP contribution in [0.25, 0.3) is 0 Å². The molecule has 22 heavy (non-hydrogen) atoms. The molecule has 0 radical (unpaired) electrons. The second-order valence-electron chi connectivity index (χ2n) is 1.98. The molecule has 0 heterocycles. The first-order valence-electron chi connectivity index (χ1n) is 3.56. The van der Waals surface area contributed by atoms with Gasteiger partial charge in [-0.3, -0.25) is 0 Å². The van der Waals surface area contributed by atoms with E-state index in [-0.39, 0.29) is 51.4 Å². The predicted octanol–water partition coefficient (Wildman–Crippen LogP) is -4.80. The molecule has 0 aliphatic rings. The van der Waals surface area contributed by atoms with E-state index in [0.29, 0.717) is 0 Å². The molecule has 21 heteroatoms. The smallest absolute Gasteiger partial charge is 0.356 e. The average molecular weight is 361 g/mol. The van der Waals surface area contributed by atoms with Gasteiger partial charge in [-0.1, -0.05) is 0 Å². The third-order valence-electron chi connectivity index (χ3n) is 0.745. The monoisotopic (exact) mass is 361 g/mol. The quantitative estimate of drug-likeness (QED) is 0.169. The van der Waals surface area contributed by atoms with Crippen molar-refractivity contribution in [1.82, 2.24) is 0 Å². The van der Waals surface area contributed by atoms with E-state index in [1.807, 2.05) is 0 Å². The van der Waals surface area contributed by atoms with E-state index >= 15 is 0 Å². The Morgan fingerprint density at radius 2 is 0.682 bits per heavy atom. The Labute approximate surface area is 157 Å². The summed E-state index contributed by atoms with van der Waals surface area (Å²) >= 11 is 0. The molecule has 0 amide bonds. The molecule has 0 aromatic carbocycles. The van der Waals surface area contributed by atoms with Gasteiger partial charge in [0.15, 0.2) is 0 Å². The van der Waals surface area contributed by atoms with Crippen molar-refractivity contribution >= 4 is 0 Å². The maximum Gasteiger partial charge on any atom is 1.00 e. The molecule has 0 aliphatic heterocycles. The molecule has 0 N–H and O–H groups in total. The van der Waals surface area contributed by atoms with Crippen molar-refractivity contribution in [3.05, 3.63) is 55.8 Å². The molecule has 0 spiro atoms. The van der Waals surface area contributed by atoms with Crippen LogP contribution < -0.4 is 51.4 Å². The van der Waals surface area contributed by atoms with Gasteiger partial charge in [-0.25, -0.2) is 19.4 Å². The zero-order valence-corrected chi connectivity index (χ0v) is 13.0. The third-order valence-corrected chi connectivity index (χ3v) is 0.745. The summed E-state index contributed by atoms with van der Waals surface area (Å²) in [5.41, 5.74) is 0. The predicted molar refractivity (Wildman–Crippen MR) is 45.4 cm³/mol. The van der Waals surface area contributed by atoms with Gasteiger partial charge in [0, 0.05) is 0 Å². The minimum absolute atomic E-state index is 0. The summed E-state index contributed by atoms with van der Waals surface area (Å²) in [6.07, 6.45) is -4.21. The Hall–Kier alpha value is -2.36. The second-order valence-corrected chi connectivity index (χ2v) is 1.98. The summed E-state index contributed by atoms with van der Waals surface area (Å²) in [6.45, 7) is 0. The fraction of sp³-hybridized carbons (Fsp3) is 1.00. The van der Waals surface area contributed by atoms with Crippen molar-refractivity contribution in [3.63, 3.8) is 0 Å². The minimum Gasteiger partial charge on any atom is -0.356 e. The van der Waals surface area contributed by atoms with Crippen molar-refractivity contribution < 1.29 is 96.2 Å². The van der Waals surface area contributed by atoms with Gasteiger partial charge in [0.1, 0.15) is 0 Å². The SMILES string of the molecule is O=[N+]([O-])OC(O[N+](=O)[O-])(O[N+](=O)[O-])O[N+](=O)[O-].O=[N+]([O-])[O-].[K+]. The van der Waals surface area contributed by atoms with Crippen LogP contribution in [0.2, 0.25) is 0 Å². The molecule has 0 aromatic rings. The van der Waals surface area contributed by atoms with Crippen molar-refractivity contribution in [3.8, 4) is 0 Å². The molecule has 0 aromatic heterocycles. The molecule has 0 fully saturated rings. The van der Waals surface area contributed by atoms with Gasteiger partial charge in [0.05, 0.1) is 5.09 Å². The first-order valence-corrected chi connectivity index (χ1v) is 3.56. The maximum absolute atomic E-state index is 9.83. The van der Waals surface area contributed by atoms with Crippen LogP contribution in [0, 0.1) is 55.8 Å². The number of rotatable bonds is 8. The van der Waals surface area contributed by atoms with Crippen LogP contribution in [0.5, 0.6) is 0 Å². The van der Waals surface area contributed by atoms with Crippen LogP contribution in [-0.2, 0) is 19.4 Å². The van der Waals surface area contributed by atoms with E-state index in [4.69, 9.17) is 15.3 Å². The first-order chi connectivity index (χ1) is 9.40. The Kier molecular flexibility index (Phi) is 12.7. The van der Waals surface area contributed by atoms with Gasteiger partial charge in [0.2, 0.25) is 0 Å². The van der Waals surface area contributed by atoms with E-state index in [1.165, 1.54) is 0 Å². The van der Waals surface area contributed by atoms with Gasteiger partial charge in [-0.2, -0.15) is 0 Å². The van der Waals surface area contributed by atoms with Crippen LogP contribution >= 0.6 is 0 Å². The zero-order valence-electron chi connectivity index (χ0n) is 9.86. The van der Waals surface area contributed by atoms with Crippen LogP contribution in [-0.4, -0.2) is 31.6 Å². The second kappa shape index (κ2) is 11.3. The normalized spacial score (nSPS) is 8.73. The Balaban J connectivity index is -0.000000640. The first kappa shape index (κ1) is 24.6. The average Bonchev–Trinajstić information content (AvgIpc) is 2.08. The van der Waals surface area contributed by atoms with Crippen molar-refractivity contribution in [2.75, 3.05) is 0 Å². The molecule has 0 atom stereocenters. The van der Waals surface area contributed by atoms with Crippen molar-refractivity contribution in [2.24, 2.45) is 0 Å². The number of hydrogen-bond acceptors (Lipinski definition) is 15. The maximum atomic E-state index is 9.83. The minimum atomic E-state index is -4.21. The van der Waals surface area contributed by atoms with E-state index < -0.39 is 31.6 Å². The standard InChI is InChI=1S/CN4O12.K.NO3/c6-2(7)14-1(15-3(8)9,16-4(10)11)17-5(12)13;;2-1(3)4/q;+1;-1. The summed E-state index contributed by atoms with van der Waals surface area (Å²) in [7, 11) is 0. The van der Waals surface area contributed by atoms with Crippen LogP contribution in [0.3, 0.4) is 0 Å². The summed E-state index contributed by atoms with van der Waals surface area (Å²) in [4.78, 5) is 60.0. The van der Waals surface area contributed by atoms with Gasteiger partial charge >= 0.3 is 77.9 Å². The van der Waals surface area contributed by atoms with Gasteiger partial charge in [-0.05, 0) is 0 Å². The van der Waals surface area contributed by atoms with E-state index in [0.717, 1.165) is 0 Å². The molecule has 0 aliphatic carbocycles. The molecular weight excluding hydrogens is 361 g/mol. The summed E-state index contributed by atoms with van der Waals surface area (Å²) in [5.74, 6) is 0. The van der Waals surface area contributed by atoms with Gasteiger partial charge in [0.25, 0.3) is 0 Å². The Morgan fingerprint density at radius 1 is 0.545 bits per heavy atom. The number of nitrogens with zero attached hydrogens (tertiary/aromatic N) is 5. The van der Waals surface area contributed by atoms with Gasteiger partial charge in [-0.15, -0.1) is 40.5 Å². The molecule has 20 nitrogen and oxygen atoms in total. The van der Waals surface area contributed by atoms with E-state index in [1.54, 1.807) is 0 Å².